The van der Waals surface area contributed by atoms with Crippen LogP contribution in [-0.4, -0.2) is 37.5 Å². The molecule has 1 heterocycles. The molecule has 0 aliphatic carbocycles. The van der Waals surface area contributed by atoms with E-state index in [1.807, 2.05) is 0 Å². The molecule has 0 radical (unpaired) electrons. The summed E-state index contributed by atoms with van der Waals surface area (Å²) in [7, 11) is -4.23. The Balaban J connectivity index is 1.87. The Labute approximate surface area is 171 Å². The van der Waals surface area contributed by atoms with E-state index in [1.54, 1.807) is 0 Å². The fourth-order valence-corrected chi connectivity index (χ4v) is 4.69. The van der Waals surface area contributed by atoms with Gasteiger partial charge in [0.2, 0.25) is 10.0 Å². The minimum atomic E-state index is -4.23. The SMILES string of the molecule is O=C1CCCN(S(=O)(=O)c2cc(C(=O)Nc3ccc(F)c(Cl)c3)ccc2F)CC1. The number of nitrogens with zero attached hydrogens (tertiary/aromatic N) is 1. The van der Waals surface area contributed by atoms with Gasteiger partial charge < -0.3 is 5.32 Å². The maximum Gasteiger partial charge on any atom is 0.255 e. The molecule has 154 valence electrons. The highest BCUT2D eigenvalue weighted by molar-refractivity contribution is 7.89. The number of benzene rings is 2. The molecule has 1 aliphatic heterocycles. The maximum atomic E-state index is 14.3. The van der Waals surface area contributed by atoms with E-state index in [1.165, 1.54) is 12.1 Å². The van der Waals surface area contributed by atoms with Crippen LogP contribution >= 0.6 is 11.6 Å². The van der Waals surface area contributed by atoms with Crippen molar-refractivity contribution in [3.8, 4) is 0 Å². The molecule has 6 nitrogen and oxygen atoms in total. The van der Waals surface area contributed by atoms with Crippen LogP contribution in [-0.2, 0) is 14.8 Å². The van der Waals surface area contributed by atoms with Crippen LogP contribution in [0, 0.1) is 11.6 Å². The third-order valence-electron chi connectivity index (χ3n) is 4.49. The zero-order valence-electron chi connectivity index (χ0n) is 15.1. The highest BCUT2D eigenvalue weighted by atomic mass is 35.5. The summed E-state index contributed by atoms with van der Waals surface area (Å²) in [6.07, 6.45) is 0.689. The first kappa shape index (κ1) is 21.4. The second-order valence-corrected chi connectivity index (χ2v) is 8.84. The number of hydrogen-bond donors (Lipinski definition) is 1. The fourth-order valence-electron chi connectivity index (χ4n) is 2.94. The summed E-state index contributed by atoms with van der Waals surface area (Å²) in [5, 5.41) is 2.26. The number of hydrogen-bond acceptors (Lipinski definition) is 4. The Morgan fingerprint density at radius 1 is 1.03 bits per heavy atom. The summed E-state index contributed by atoms with van der Waals surface area (Å²) in [4.78, 5) is 23.3. The predicted octanol–water partition coefficient (Wildman–Crippen LogP) is 3.61. The van der Waals surface area contributed by atoms with Crippen molar-refractivity contribution in [2.45, 2.75) is 24.2 Å². The Morgan fingerprint density at radius 2 is 1.76 bits per heavy atom. The lowest BCUT2D eigenvalue weighted by Gasteiger charge is -2.20. The molecule has 0 unspecified atom stereocenters. The lowest BCUT2D eigenvalue weighted by Crippen LogP contribution is -2.33. The van der Waals surface area contributed by atoms with Gasteiger partial charge in [-0.15, -0.1) is 0 Å². The number of ketones is 1. The van der Waals surface area contributed by atoms with Gasteiger partial charge in [0.1, 0.15) is 22.3 Å². The van der Waals surface area contributed by atoms with Crippen LogP contribution in [0.4, 0.5) is 14.5 Å². The molecule has 1 fully saturated rings. The van der Waals surface area contributed by atoms with Gasteiger partial charge in [-0.3, -0.25) is 9.59 Å². The molecule has 0 atom stereocenters. The standard InChI is InChI=1S/C19H17ClF2N2O4S/c20-15-11-13(4-6-16(15)21)23-19(26)12-3-5-17(22)18(10-12)29(27,28)24-8-1-2-14(25)7-9-24/h3-6,10-11H,1-2,7-9H2,(H,23,26). The van der Waals surface area contributed by atoms with Gasteiger partial charge in [0.15, 0.2) is 0 Å². The lowest BCUT2D eigenvalue weighted by molar-refractivity contribution is -0.118. The van der Waals surface area contributed by atoms with Crippen LogP contribution in [0.15, 0.2) is 41.3 Å². The normalized spacial score (nSPS) is 15.8. The molecule has 1 aliphatic rings. The molecule has 10 heteroatoms. The van der Waals surface area contributed by atoms with Crippen LogP contribution < -0.4 is 5.32 Å². The first-order valence-corrected chi connectivity index (χ1v) is 10.6. The monoisotopic (exact) mass is 442 g/mol. The van der Waals surface area contributed by atoms with E-state index in [9.17, 15) is 26.8 Å². The van der Waals surface area contributed by atoms with E-state index in [0.717, 1.165) is 28.6 Å². The van der Waals surface area contributed by atoms with Gasteiger partial charge in [-0.05, 0) is 42.8 Å². The zero-order valence-corrected chi connectivity index (χ0v) is 16.7. The topological polar surface area (TPSA) is 83.6 Å². The largest absolute Gasteiger partial charge is 0.322 e. The van der Waals surface area contributed by atoms with Gasteiger partial charge in [0.05, 0.1) is 5.02 Å². The molecule has 29 heavy (non-hydrogen) atoms. The number of Topliss-reactive ketones (excluding diaryl/α,β-unsaturated/α-hetero) is 1. The fraction of sp³-hybridized carbons (Fsp3) is 0.263. The maximum absolute atomic E-state index is 14.3. The van der Waals surface area contributed by atoms with E-state index in [2.05, 4.69) is 5.32 Å². The van der Waals surface area contributed by atoms with E-state index >= 15 is 0 Å². The first-order chi connectivity index (χ1) is 13.7. The van der Waals surface area contributed by atoms with Crippen molar-refractivity contribution in [2.75, 3.05) is 18.4 Å². The molecule has 0 bridgehead atoms. The number of nitrogens with one attached hydrogen (secondary N) is 1. The Morgan fingerprint density at radius 3 is 2.48 bits per heavy atom. The van der Waals surface area contributed by atoms with Crippen LogP contribution in [0.3, 0.4) is 0 Å². The van der Waals surface area contributed by atoms with Crippen molar-refractivity contribution in [3.05, 3.63) is 58.6 Å². The summed E-state index contributed by atoms with van der Waals surface area (Å²) >= 11 is 5.67. The summed E-state index contributed by atoms with van der Waals surface area (Å²) in [6.45, 7) is 0.0587. The molecule has 0 aromatic heterocycles. The zero-order chi connectivity index (χ0) is 21.2. The van der Waals surface area contributed by atoms with Crippen molar-refractivity contribution in [3.63, 3.8) is 0 Å². The second kappa shape index (κ2) is 8.56. The third kappa shape index (κ3) is 4.80. The van der Waals surface area contributed by atoms with Crippen molar-refractivity contribution < 1.29 is 26.8 Å². The lowest BCUT2D eigenvalue weighted by atomic mass is 10.2. The van der Waals surface area contributed by atoms with E-state index in [0.29, 0.717) is 6.42 Å². The Bertz CT molecular complexity index is 1080. The molecule has 0 spiro atoms. The van der Waals surface area contributed by atoms with Gasteiger partial charge in [-0.2, -0.15) is 4.31 Å². The minimum absolute atomic E-state index is 0.0366. The number of rotatable bonds is 4. The van der Waals surface area contributed by atoms with Gasteiger partial charge in [0.25, 0.3) is 5.91 Å². The minimum Gasteiger partial charge on any atom is -0.322 e. The highest BCUT2D eigenvalue weighted by Crippen LogP contribution is 2.24. The van der Waals surface area contributed by atoms with Gasteiger partial charge in [0, 0.05) is 37.2 Å². The molecular weight excluding hydrogens is 426 g/mol. The average Bonchev–Trinajstić information content (AvgIpc) is 2.90. The molecule has 1 N–H and O–H groups in total. The van der Waals surface area contributed by atoms with Gasteiger partial charge in [-0.25, -0.2) is 17.2 Å². The number of sulfonamides is 1. The summed E-state index contributed by atoms with van der Waals surface area (Å²) < 4.78 is 54.3. The summed E-state index contributed by atoms with van der Waals surface area (Å²) in [6, 6.07) is 6.53. The second-order valence-electron chi connectivity index (χ2n) is 6.52. The van der Waals surface area contributed by atoms with Crippen LogP contribution in [0.25, 0.3) is 0 Å². The predicted molar refractivity (Wildman–Crippen MR) is 103 cm³/mol. The number of anilines is 1. The average molecular weight is 443 g/mol. The van der Waals surface area contributed by atoms with E-state index < -0.39 is 32.5 Å². The molecule has 1 amide bonds. The van der Waals surface area contributed by atoms with Crippen molar-refractivity contribution in [1.82, 2.24) is 4.31 Å². The Kier molecular flexibility index (Phi) is 6.30. The molecule has 1 saturated heterocycles. The van der Waals surface area contributed by atoms with Gasteiger partial charge in [-0.1, -0.05) is 11.6 Å². The molecule has 2 aromatic carbocycles. The first-order valence-electron chi connectivity index (χ1n) is 8.76. The number of carbonyl (C=O) groups is 2. The molecular formula is C19H17ClF2N2O4S. The van der Waals surface area contributed by atoms with Crippen LogP contribution in [0.2, 0.25) is 5.02 Å². The number of amides is 1. The quantitative estimate of drug-likeness (QED) is 0.784. The molecule has 3 rings (SSSR count). The summed E-state index contributed by atoms with van der Waals surface area (Å²) in [5.41, 5.74) is 0.0949. The van der Waals surface area contributed by atoms with Gasteiger partial charge >= 0.3 is 0 Å². The van der Waals surface area contributed by atoms with Crippen LogP contribution in [0.5, 0.6) is 0 Å². The van der Waals surface area contributed by atoms with Crippen molar-refractivity contribution in [1.29, 1.82) is 0 Å². The van der Waals surface area contributed by atoms with Crippen LogP contribution in [0.1, 0.15) is 29.6 Å². The van der Waals surface area contributed by atoms with Crippen molar-refractivity contribution >= 4 is 39.0 Å². The summed E-state index contributed by atoms with van der Waals surface area (Å²) in [5.74, 6) is -2.41. The molecule has 0 saturated carbocycles. The third-order valence-corrected chi connectivity index (χ3v) is 6.70. The number of halogens is 3. The van der Waals surface area contributed by atoms with E-state index in [4.69, 9.17) is 11.6 Å². The van der Waals surface area contributed by atoms with Crippen molar-refractivity contribution in [2.24, 2.45) is 0 Å². The molecule has 2 aromatic rings. The number of carbonyl (C=O) groups excluding carboxylic acids is 2. The smallest absolute Gasteiger partial charge is 0.255 e. The Hall–Kier alpha value is -2.36. The highest BCUT2D eigenvalue weighted by Gasteiger charge is 2.30. The van der Waals surface area contributed by atoms with E-state index in [-0.39, 0.29) is 48.0 Å².